The molecule has 0 aliphatic rings. The number of anilines is 1. The Morgan fingerprint density at radius 1 is 1.21 bits per heavy atom. The predicted octanol–water partition coefficient (Wildman–Crippen LogP) is 3.76. The molecular weight excluding hydrogens is 279 g/mol. The molecule has 2 aromatic heterocycles. The summed E-state index contributed by atoms with van der Waals surface area (Å²) in [5.74, 6) is 0. The molecule has 0 radical (unpaired) electrons. The minimum atomic E-state index is -4.48. The van der Waals surface area contributed by atoms with E-state index in [0.29, 0.717) is 11.9 Å². The number of aromatic nitrogens is 2. The number of hydrogen-bond acceptors (Lipinski definition) is 3. The number of pyridine rings is 2. The van der Waals surface area contributed by atoms with Crippen molar-refractivity contribution >= 4 is 17.3 Å². The van der Waals surface area contributed by atoms with E-state index < -0.39 is 11.7 Å². The largest absolute Gasteiger partial charge is 0.419 e. The second kappa shape index (κ2) is 5.44. The highest BCUT2D eigenvalue weighted by atomic mass is 35.5. The number of nitrogens with zero attached hydrogens (tertiary/aromatic N) is 2. The van der Waals surface area contributed by atoms with E-state index in [1.807, 2.05) is 0 Å². The third-order valence-electron chi connectivity index (χ3n) is 2.36. The number of alkyl halides is 3. The Kier molecular flexibility index (Phi) is 3.90. The zero-order valence-electron chi connectivity index (χ0n) is 9.58. The minimum Gasteiger partial charge on any atom is -0.379 e. The van der Waals surface area contributed by atoms with Crippen LogP contribution in [0.25, 0.3) is 0 Å². The third-order valence-corrected chi connectivity index (χ3v) is 2.57. The van der Waals surface area contributed by atoms with Crippen LogP contribution >= 0.6 is 11.6 Å². The van der Waals surface area contributed by atoms with E-state index >= 15 is 0 Å². The summed E-state index contributed by atoms with van der Waals surface area (Å²) in [6.45, 7) is 0.171. The number of halogens is 4. The summed E-state index contributed by atoms with van der Waals surface area (Å²) in [4.78, 5) is 7.47. The average Bonchev–Trinajstić information content (AvgIpc) is 2.36. The molecule has 3 nitrogen and oxygen atoms in total. The van der Waals surface area contributed by atoms with E-state index in [1.54, 1.807) is 24.4 Å². The fraction of sp³-hybridized carbons (Fsp3) is 0.167. The lowest BCUT2D eigenvalue weighted by molar-refractivity contribution is -0.137. The number of rotatable bonds is 3. The van der Waals surface area contributed by atoms with Gasteiger partial charge in [0, 0.05) is 12.4 Å². The zero-order valence-corrected chi connectivity index (χ0v) is 10.3. The van der Waals surface area contributed by atoms with Crippen LogP contribution in [0, 0.1) is 0 Å². The van der Waals surface area contributed by atoms with Gasteiger partial charge >= 0.3 is 6.18 Å². The summed E-state index contributed by atoms with van der Waals surface area (Å²) >= 11 is 5.61. The third kappa shape index (κ3) is 3.57. The summed E-state index contributed by atoms with van der Waals surface area (Å²) in [6, 6.07) is 6.35. The van der Waals surface area contributed by atoms with Gasteiger partial charge in [-0.05, 0) is 18.2 Å². The Morgan fingerprint density at radius 2 is 2.00 bits per heavy atom. The maximum Gasteiger partial charge on any atom is 0.419 e. The molecule has 0 amide bonds. The zero-order chi connectivity index (χ0) is 13.9. The van der Waals surface area contributed by atoms with Crippen LogP contribution in [0.4, 0.5) is 18.9 Å². The SMILES string of the molecule is FC(F)(F)c1cnc(Cl)cc1NCc1ccccn1. The first kappa shape index (κ1) is 13.6. The molecule has 2 heterocycles. The van der Waals surface area contributed by atoms with Gasteiger partial charge < -0.3 is 5.32 Å². The molecule has 0 atom stereocenters. The monoisotopic (exact) mass is 287 g/mol. The molecule has 0 aromatic carbocycles. The maximum absolute atomic E-state index is 12.8. The summed E-state index contributed by atoms with van der Waals surface area (Å²) in [6.07, 6.45) is -2.20. The second-order valence-corrected chi connectivity index (χ2v) is 4.11. The van der Waals surface area contributed by atoms with Gasteiger partial charge in [0.2, 0.25) is 0 Å². The fourth-order valence-electron chi connectivity index (χ4n) is 1.49. The first-order chi connectivity index (χ1) is 8.97. The van der Waals surface area contributed by atoms with Crippen LogP contribution in [0.1, 0.15) is 11.3 Å². The van der Waals surface area contributed by atoms with Crippen molar-refractivity contribution in [3.8, 4) is 0 Å². The highest BCUT2D eigenvalue weighted by molar-refractivity contribution is 6.29. The summed E-state index contributed by atoms with van der Waals surface area (Å²) < 4.78 is 38.3. The van der Waals surface area contributed by atoms with E-state index in [2.05, 4.69) is 15.3 Å². The molecule has 0 aliphatic carbocycles. The van der Waals surface area contributed by atoms with Crippen molar-refractivity contribution in [1.29, 1.82) is 0 Å². The smallest absolute Gasteiger partial charge is 0.379 e. The molecular formula is C12H9ClF3N3. The molecule has 100 valence electrons. The molecule has 0 saturated carbocycles. The van der Waals surface area contributed by atoms with Crippen molar-refractivity contribution in [2.45, 2.75) is 12.7 Å². The van der Waals surface area contributed by atoms with E-state index in [1.165, 1.54) is 0 Å². The highest BCUT2D eigenvalue weighted by Gasteiger charge is 2.34. The molecule has 7 heteroatoms. The topological polar surface area (TPSA) is 37.8 Å². The molecule has 0 bridgehead atoms. The van der Waals surface area contributed by atoms with Crippen LogP contribution in [-0.2, 0) is 12.7 Å². The van der Waals surface area contributed by atoms with E-state index in [9.17, 15) is 13.2 Å². The Bertz CT molecular complexity index is 558. The normalized spacial score (nSPS) is 11.4. The molecule has 0 fully saturated rings. The maximum atomic E-state index is 12.8. The van der Waals surface area contributed by atoms with Gasteiger partial charge in [-0.2, -0.15) is 13.2 Å². The van der Waals surface area contributed by atoms with Gasteiger partial charge in [0.1, 0.15) is 5.15 Å². The minimum absolute atomic E-state index is 0.00322. The van der Waals surface area contributed by atoms with Gasteiger partial charge in [0.15, 0.2) is 0 Å². The lowest BCUT2D eigenvalue weighted by atomic mass is 10.2. The van der Waals surface area contributed by atoms with Crippen molar-refractivity contribution < 1.29 is 13.2 Å². The molecule has 1 N–H and O–H groups in total. The van der Waals surface area contributed by atoms with Crippen LogP contribution in [0.15, 0.2) is 36.7 Å². The van der Waals surface area contributed by atoms with Crippen LogP contribution in [0.2, 0.25) is 5.15 Å². The van der Waals surface area contributed by atoms with Crippen LogP contribution < -0.4 is 5.32 Å². The van der Waals surface area contributed by atoms with Crippen molar-refractivity contribution in [2.24, 2.45) is 0 Å². The molecule has 19 heavy (non-hydrogen) atoms. The first-order valence-corrected chi connectivity index (χ1v) is 5.71. The molecule has 2 rings (SSSR count). The van der Waals surface area contributed by atoms with Crippen LogP contribution in [0.3, 0.4) is 0 Å². The first-order valence-electron chi connectivity index (χ1n) is 5.33. The van der Waals surface area contributed by atoms with E-state index in [0.717, 1.165) is 6.07 Å². The Morgan fingerprint density at radius 3 is 2.63 bits per heavy atom. The molecule has 0 saturated heterocycles. The highest BCUT2D eigenvalue weighted by Crippen LogP contribution is 2.35. The second-order valence-electron chi connectivity index (χ2n) is 3.72. The van der Waals surface area contributed by atoms with Crippen LogP contribution in [-0.4, -0.2) is 9.97 Å². The molecule has 0 spiro atoms. The van der Waals surface area contributed by atoms with E-state index in [4.69, 9.17) is 11.6 Å². The molecule has 2 aromatic rings. The summed E-state index contributed by atoms with van der Waals surface area (Å²) in [5.41, 5.74) is -0.338. The quantitative estimate of drug-likeness (QED) is 0.874. The van der Waals surface area contributed by atoms with Gasteiger partial charge in [0.05, 0.1) is 23.5 Å². The van der Waals surface area contributed by atoms with Gasteiger partial charge in [-0.25, -0.2) is 4.98 Å². The predicted molar refractivity (Wildman–Crippen MR) is 65.8 cm³/mol. The molecule has 0 unspecified atom stereocenters. The standard InChI is InChI=1S/C12H9ClF3N3/c13-11-5-10(9(7-19-11)12(14,15)16)18-6-8-3-1-2-4-17-8/h1-5,7H,6H2,(H,18,19). The lowest BCUT2D eigenvalue weighted by Gasteiger charge is -2.14. The van der Waals surface area contributed by atoms with Gasteiger partial charge in [-0.1, -0.05) is 17.7 Å². The average molecular weight is 288 g/mol. The Balaban J connectivity index is 2.22. The van der Waals surface area contributed by atoms with Crippen molar-refractivity contribution in [2.75, 3.05) is 5.32 Å². The van der Waals surface area contributed by atoms with Gasteiger partial charge in [-0.3, -0.25) is 4.98 Å². The Hall–Kier alpha value is -1.82. The van der Waals surface area contributed by atoms with Gasteiger partial charge in [0.25, 0.3) is 0 Å². The van der Waals surface area contributed by atoms with Crippen LogP contribution in [0.5, 0.6) is 0 Å². The number of nitrogens with one attached hydrogen (secondary N) is 1. The summed E-state index contributed by atoms with van der Waals surface area (Å²) in [7, 11) is 0. The number of hydrogen-bond donors (Lipinski definition) is 1. The lowest BCUT2D eigenvalue weighted by Crippen LogP contribution is -2.12. The van der Waals surface area contributed by atoms with Gasteiger partial charge in [-0.15, -0.1) is 0 Å². The van der Waals surface area contributed by atoms with Crippen molar-refractivity contribution in [1.82, 2.24) is 9.97 Å². The van der Waals surface area contributed by atoms with E-state index in [-0.39, 0.29) is 17.4 Å². The molecule has 0 aliphatic heterocycles. The van der Waals surface area contributed by atoms with Crippen molar-refractivity contribution in [3.05, 3.63) is 53.1 Å². The summed E-state index contributed by atoms with van der Waals surface area (Å²) in [5, 5.41) is 2.67. The van der Waals surface area contributed by atoms with Crippen molar-refractivity contribution in [3.63, 3.8) is 0 Å². The fourth-order valence-corrected chi connectivity index (χ4v) is 1.65. The Labute approximate surface area is 112 Å².